The van der Waals surface area contributed by atoms with Crippen LogP contribution in [0.2, 0.25) is 5.02 Å². The molecule has 0 spiro atoms. The fraction of sp³-hybridized carbons (Fsp3) is 0.308. The number of hydrogen-bond donors (Lipinski definition) is 1. The minimum atomic E-state index is -0.855. The number of carbonyl (C=O) groups is 1. The van der Waals surface area contributed by atoms with Crippen LogP contribution in [0.25, 0.3) is 0 Å². The van der Waals surface area contributed by atoms with Crippen molar-refractivity contribution in [2.75, 3.05) is 18.0 Å². The molecule has 0 aliphatic rings. The van der Waals surface area contributed by atoms with E-state index in [1.165, 1.54) is 0 Å². The van der Waals surface area contributed by atoms with Crippen molar-refractivity contribution in [1.29, 1.82) is 0 Å². The summed E-state index contributed by atoms with van der Waals surface area (Å²) in [6.45, 7) is 6.34. The second kappa shape index (κ2) is 6.30. The minimum Gasteiger partial charge on any atom is -0.480 e. The zero-order valence-corrected chi connectivity index (χ0v) is 10.6. The van der Waals surface area contributed by atoms with Gasteiger partial charge in [-0.25, -0.2) is 0 Å². The van der Waals surface area contributed by atoms with Crippen LogP contribution in [-0.2, 0) is 4.79 Å². The molecule has 0 aliphatic heterocycles. The lowest BCUT2D eigenvalue weighted by molar-refractivity contribution is -0.135. The highest BCUT2D eigenvalue weighted by molar-refractivity contribution is 6.30. The predicted octanol–water partition coefficient (Wildman–Crippen LogP) is 3.20. The summed E-state index contributed by atoms with van der Waals surface area (Å²) >= 11 is 5.90. The number of benzene rings is 1. The molecular weight excluding hydrogens is 238 g/mol. The second-order valence-corrected chi connectivity index (χ2v) is 4.44. The van der Waals surface area contributed by atoms with E-state index in [0.29, 0.717) is 11.6 Å². The molecule has 0 unspecified atom stereocenters. The molecule has 0 aliphatic carbocycles. The molecule has 0 radical (unpaired) electrons. The Kier molecular flexibility index (Phi) is 5.04. The van der Waals surface area contributed by atoms with Crippen LogP contribution in [0.5, 0.6) is 0 Å². The minimum absolute atomic E-state index is 0.0341. The summed E-state index contributed by atoms with van der Waals surface area (Å²) in [4.78, 5) is 12.6. The maximum atomic E-state index is 10.8. The first-order valence-corrected chi connectivity index (χ1v) is 5.73. The molecule has 4 heteroatoms. The van der Waals surface area contributed by atoms with Gasteiger partial charge >= 0.3 is 5.97 Å². The smallest absolute Gasteiger partial charge is 0.323 e. The van der Waals surface area contributed by atoms with Crippen LogP contribution in [-0.4, -0.2) is 24.2 Å². The van der Waals surface area contributed by atoms with E-state index in [9.17, 15) is 4.79 Å². The van der Waals surface area contributed by atoms with Crippen molar-refractivity contribution in [3.05, 3.63) is 41.4 Å². The van der Waals surface area contributed by atoms with Gasteiger partial charge in [-0.1, -0.05) is 23.2 Å². The average Bonchev–Trinajstić information content (AvgIpc) is 2.23. The molecule has 0 fully saturated rings. The normalized spacial score (nSPS) is 10.0. The monoisotopic (exact) mass is 253 g/mol. The zero-order chi connectivity index (χ0) is 12.8. The topological polar surface area (TPSA) is 40.5 Å². The van der Waals surface area contributed by atoms with Gasteiger partial charge < -0.3 is 10.0 Å². The molecule has 0 bridgehead atoms. The van der Waals surface area contributed by atoms with Crippen LogP contribution in [0.4, 0.5) is 5.69 Å². The highest BCUT2D eigenvalue weighted by Gasteiger charge is 2.10. The fourth-order valence-corrected chi connectivity index (χ4v) is 1.65. The Bertz CT molecular complexity index is 418. The Labute approximate surface area is 106 Å². The molecule has 3 nitrogen and oxygen atoms in total. The first kappa shape index (κ1) is 13.6. The van der Waals surface area contributed by atoms with Crippen molar-refractivity contribution in [3.8, 4) is 0 Å². The lowest BCUT2D eigenvalue weighted by atomic mass is 10.2. The molecule has 0 heterocycles. The van der Waals surface area contributed by atoms with E-state index in [-0.39, 0.29) is 6.54 Å². The van der Waals surface area contributed by atoms with Gasteiger partial charge in [0.25, 0.3) is 0 Å². The molecule has 1 aromatic carbocycles. The van der Waals surface area contributed by atoms with Crippen molar-refractivity contribution < 1.29 is 9.90 Å². The van der Waals surface area contributed by atoms with Crippen LogP contribution in [0, 0.1) is 0 Å². The van der Waals surface area contributed by atoms with E-state index in [1.54, 1.807) is 17.0 Å². The molecule has 92 valence electrons. The summed E-state index contributed by atoms with van der Waals surface area (Å²) in [6.07, 6.45) is 0.764. The lowest BCUT2D eigenvalue weighted by Crippen LogP contribution is -2.30. The summed E-state index contributed by atoms with van der Waals surface area (Å²) in [5.74, 6) is -0.855. The van der Waals surface area contributed by atoms with Gasteiger partial charge in [-0.15, -0.1) is 6.58 Å². The number of halogens is 1. The second-order valence-electron chi connectivity index (χ2n) is 4.00. The van der Waals surface area contributed by atoms with E-state index in [4.69, 9.17) is 16.7 Å². The number of nitrogens with zero attached hydrogens (tertiary/aromatic N) is 1. The van der Waals surface area contributed by atoms with Crippen LogP contribution in [0.15, 0.2) is 36.4 Å². The van der Waals surface area contributed by atoms with Crippen molar-refractivity contribution in [1.82, 2.24) is 0 Å². The Hall–Kier alpha value is -1.48. The Morgan fingerprint density at radius 2 is 2.24 bits per heavy atom. The number of carboxylic acid groups (broad SMARTS) is 1. The third-order valence-electron chi connectivity index (χ3n) is 2.31. The van der Waals surface area contributed by atoms with Gasteiger partial charge in [0.2, 0.25) is 0 Å². The van der Waals surface area contributed by atoms with E-state index < -0.39 is 5.97 Å². The lowest BCUT2D eigenvalue weighted by Gasteiger charge is -2.23. The largest absolute Gasteiger partial charge is 0.480 e. The number of rotatable bonds is 6. The zero-order valence-electron chi connectivity index (χ0n) is 9.82. The number of hydrogen-bond acceptors (Lipinski definition) is 2. The highest BCUT2D eigenvalue weighted by Crippen LogP contribution is 2.20. The van der Waals surface area contributed by atoms with Gasteiger partial charge in [0.05, 0.1) is 0 Å². The predicted molar refractivity (Wildman–Crippen MR) is 70.7 cm³/mol. The summed E-state index contributed by atoms with van der Waals surface area (Å²) in [5.41, 5.74) is 1.85. The van der Waals surface area contributed by atoms with Crippen molar-refractivity contribution in [2.24, 2.45) is 0 Å². The molecule has 17 heavy (non-hydrogen) atoms. The Morgan fingerprint density at radius 3 is 2.76 bits per heavy atom. The first-order valence-electron chi connectivity index (χ1n) is 5.35. The molecule has 0 atom stereocenters. The third-order valence-corrected chi connectivity index (χ3v) is 2.54. The standard InChI is InChI=1S/C13H16ClNO2/c1-10(2)6-7-15(9-13(16)17)12-5-3-4-11(14)8-12/h3-5,8H,1,6-7,9H2,2H3,(H,16,17). The van der Waals surface area contributed by atoms with Crippen LogP contribution in [0.1, 0.15) is 13.3 Å². The van der Waals surface area contributed by atoms with Crippen LogP contribution in [0.3, 0.4) is 0 Å². The van der Waals surface area contributed by atoms with Crippen molar-refractivity contribution in [2.45, 2.75) is 13.3 Å². The van der Waals surface area contributed by atoms with Gasteiger partial charge in [0.15, 0.2) is 0 Å². The Morgan fingerprint density at radius 1 is 1.53 bits per heavy atom. The fourth-order valence-electron chi connectivity index (χ4n) is 1.46. The molecule has 1 aromatic rings. The molecule has 0 amide bonds. The molecular formula is C13H16ClNO2. The maximum absolute atomic E-state index is 10.8. The first-order chi connectivity index (χ1) is 7.99. The van der Waals surface area contributed by atoms with Crippen LogP contribution >= 0.6 is 11.6 Å². The summed E-state index contributed by atoms with van der Waals surface area (Å²) in [5, 5.41) is 9.49. The van der Waals surface area contributed by atoms with Crippen molar-refractivity contribution >= 4 is 23.3 Å². The third kappa shape index (κ3) is 4.91. The molecule has 1 N–H and O–H groups in total. The van der Waals surface area contributed by atoms with Gasteiger partial charge in [-0.05, 0) is 31.5 Å². The summed E-state index contributed by atoms with van der Waals surface area (Å²) in [6, 6.07) is 7.20. The van der Waals surface area contributed by atoms with Crippen LogP contribution < -0.4 is 4.90 Å². The van der Waals surface area contributed by atoms with Gasteiger partial charge in [-0.3, -0.25) is 4.79 Å². The van der Waals surface area contributed by atoms with E-state index in [2.05, 4.69) is 6.58 Å². The molecule has 0 aromatic heterocycles. The van der Waals surface area contributed by atoms with Gasteiger partial charge in [0, 0.05) is 17.3 Å². The van der Waals surface area contributed by atoms with E-state index in [1.807, 2.05) is 19.1 Å². The van der Waals surface area contributed by atoms with E-state index in [0.717, 1.165) is 17.7 Å². The average molecular weight is 254 g/mol. The van der Waals surface area contributed by atoms with Gasteiger partial charge in [-0.2, -0.15) is 0 Å². The molecule has 0 saturated carbocycles. The summed E-state index contributed by atoms with van der Waals surface area (Å²) < 4.78 is 0. The SMILES string of the molecule is C=C(C)CCN(CC(=O)O)c1cccc(Cl)c1. The van der Waals surface area contributed by atoms with Crippen molar-refractivity contribution in [3.63, 3.8) is 0 Å². The number of anilines is 1. The van der Waals surface area contributed by atoms with E-state index >= 15 is 0 Å². The maximum Gasteiger partial charge on any atom is 0.323 e. The quantitative estimate of drug-likeness (QED) is 0.792. The Balaban J connectivity index is 2.81. The van der Waals surface area contributed by atoms with Gasteiger partial charge in [0.1, 0.15) is 6.54 Å². The molecule has 0 saturated heterocycles. The summed E-state index contributed by atoms with van der Waals surface area (Å²) in [7, 11) is 0. The highest BCUT2D eigenvalue weighted by atomic mass is 35.5. The molecule has 1 rings (SSSR count). The number of carboxylic acids is 1. The number of aliphatic carboxylic acids is 1.